The summed E-state index contributed by atoms with van der Waals surface area (Å²) in [6.07, 6.45) is -0.665. The molecule has 3 aromatic rings. The van der Waals surface area contributed by atoms with Gasteiger partial charge in [0.15, 0.2) is 0 Å². The third-order valence-electron chi connectivity index (χ3n) is 4.54. The van der Waals surface area contributed by atoms with Gasteiger partial charge >= 0.3 is 12.1 Å². The van der Waals surface area contributed by atoms with Crippen molar-refractivity contribution in [3.05, 3.63) is 94.5 Å². The minimum Gasteiger partial charge on any atom is -0.467 e. The predicted molar refractivity (Wildman–Crippen MR) is 114 cm³/mol. The van der Waals surface area contributed by atoms with E-state index >= 15 is 0 Å². The molecule has 0 aromatic heterocycles. The highest BCUT2D eigenvalue weighted by Crippen LogP contribution is 2.20. The predicted octanol–water partition coefficient (Wildman–Crippen LogP) is 4.13. The fourth-order valence-electron chi connectivity index (χ4n) is 2.95. The molecule has 0 saturated carbocycles. The number of nitrogens with one attached hydrogen (secondary N) is 1. The largest absolute Gasteiger partial charge is 0.467 e. The van der Waals surface area contributed by atoms with Crippen molar-refractivity contribution in [3.63, 3.8) is 0 Å². The van der Waals surface area contributed by atoms with Crippen LogP contribution in [0.2, 0.25) is 0 Å². The molecule has 3 aromatic carbocycles. The lowest BCUT2D eigenvalue weighted by Crippen LogP contribution is -2.44. The van der Waals surface area contributed by atoms with E-state index in [-0.39, 0.29) is 17.9 Å². The van der Waals surface area contributed by atoms with Crippen LogP contribution in [-0.2, 0) is 16.0 Å². The molecule has 0 unspecified atom stereocenters. The van der Waals surface area contributed by atoms with Gasteiger partial charge in [0, 0.05) is 18.6 Å². The average Bonchev–Trinajstić information content (AvgIpc) is 2.79. The van der Waals surface area contributed by atoms with Crippen LogP contribution in [0, 0.1) is 10.1 Å². The Morgan fingerprint density at radius 2 is 1.55 bits per heavy atom. The molecule has 0 fully saturated rings. The van der Waals surface area contributed by atoms with E-state index in [0.717, 1.165) is 16.7 Å². The zero-order valence-corrected chi connectivity index (χ0v) is 16.7. The van der Waals surface area contributed by atoms with Gasteiger partial charge in [0.05, 0.1) is 12.0 Å². The number of hydrogen-bond acceptors (Lipinski definition) is 6. The van der Waals surface area contributed by atoms with Crippen LogP contribution in [0.1, 0.15) is 5.56 Å². The lowest BCUT2D eigenvalue weighted by atomic mass is 10.0. The van der Waals surface area contributed by atoms with Crippen LogP contribution in [0.4, 0.5) is 10.5 Å². The van der Waals surface area contributed by atoms with Gasteiger partial charge in [0.25, 0.3) is 5.69 Å². The summed E-state index contributed by atoms with van der Waals surface area (Å²) < 4.78 is 9.90. The van der Waals surface area contributed by atoms with Gasteiger partial charge in [-0.1, -0.05) is 54.6 Å². The number of ether oxygens (including phenoxy) is 2. The number of benzene rings is 3. The van der Waals surface area contributed by atoms with E-state index in [1.165, 1.54) is 31.4 Å². The number of esters is 1. The van der Waals surface area contributed by atoms with Crippen LogP contribution >= 0.6 is 0 Å². The van der Waals surface area contributed by atoms with Gasteiger partial charge in [-0.05, 0) is 28.8 Å². The van der Waals surface area contributed by atoms with Gasteiger partial charge in [0.1, 0.15) is 11.8 Å². The Hall–Kier alpha value is -4.20. The number of amides is 1. The molecule has 0 aliphatic carbocycles. The molecule has 158 valence electrons. The van der Waals surface area contributed by atoms with Crippen molar-refractivity contribution in [1.29, 1.82) is 0 Å². The number of methoxy groups -OCH3 is 1. The summed E-state index contributed by atoms with van der Waals surface area (Å²) in [4.78, 5) is 34.5. The second-order valence-corrected chi connectivity index (χ2v) is 6.63. The van der Waals surface area contributed by atoms with Gasteiger partial charge in [-0.2, -0.15) is 0 Å². The van der Waals surface area contributed by atoms with E-state index in [2.05, 4.69) is 5.32 Å². The molecule has 3 rings (SSSR count). The SMILES string of the molecule is COC(=O)[C@H](Cc1ccc(-c2ccccc2)cc1)NC(=O)Oc1ccc([N+](=O)[O-])cc1. The number of nitro benzene ring substituents is 1. The summed E-state index contributed by atoms with van der Waals surface area (Å²) in [5.41, 5.74) is 2.80. The van der Waals surface area contributed by atoms with Crippen molar-refractivity contribution in [3.8, 4) is 16.9 Å². The summed E-state index contributed by atoms with van der Waals surface area (Å²) in [5.74, 6) is -0.508. The van der Waals surface area contributed by atoms with Crippen LogP contribution in [0.3, 0.4) is 0 Å². The Morgan fingerprint density at radius 3 is 2.13 bits per heavy atom. The molecule has 0 spiro atoms. The molecular weight excluding hydrogens is 400 g/mol. The first kappa shape index (κ1) is 21.5. The lowest BCUT2D eigenvalue weighted by Gasteiger charge is -2.16. The van der Waals surface area contributed by atoms with Crippen molar-refractivity contribution in [2.75, 3.05) is 7.11 Å². The van der Waals surface area contributed by atoms with Crippen molar-refractivity contribution >= 4 is 17.7 Å². The Labute approximate surface area is 178 Å². The molecule has 1 atom stereocenters. The molecular formula is C23H20N2O6. The first-order valence-corrected chi connectivity index (χ1v) is 9.41. The van der Waals surface area contributed by atoms with Gasteiger partial charge in [-0.3, -0.25) is 10.1 Å². The van der Waals surface area contributed by atoms with Gasteiger partial charge in [-0.15, -0.1) is 0 Å². The van der Waals surface area contributed by atoms with Crippen molar-refractivity contribution in [2.24, 2.45) is 0 Å². The summed E-state index contributed by atoms with van der Waals surface area (Å²) in [7, 11) is 1.23. The third kappa shape index (κ3) is 5.89. The first-order chi connectivity index (χ1) is 15.0. The molecule has 0 radical (unpaired) electrons. The smallest absolute Gasteiger partial charge is 0.413 e. The maximum absolute atomic E-state index is 12.2. The molecule has 1 N–H and O–H groups in total. The van der Waals surface area contributed by atoms with E-state index in [1.807, 2.05) is 54.6 Å². The fourth-order valence-corrected chi connectivity index (χ4v) is 2.95. The summed E-state index contributed by atoms with van der Waals surface area (Å²) >= 11 is 0. The zero-order valence-electron chi connectivity index (χ0n) is 16.7. The summed E-state index contributed by atoms with van der Waals surface area (Å²) in [6, 6.07) is 21.6. The second kappa shape index (κ2) is 10.0. The van der Waals surface area contributed by atoms with Crippen molar-refractivity contribution in [1.82, 2.24) is 5.32 Å². The Kier molecular flexibility index (Phi) is 6.95. The molecule has 1 amide bonds. The van der Waals surface area contributed by atoms with Crippen LogP contribution in [0.15, 0.2) is 78.9 Å². The molecule has 31 heavy (non-hydrogen) atoms. The number of rotatable bonds is 7. The molecule has 0 saturated heterocycles. The highest BCUT2D eigenvalue weighted by atomic mass is 16.6. The minimum absolute atomic E-state index is 0.110. The van der Waals surface area contributed by atoms with Crippen LogP contribution < -0.4 is 10.1 Å². The molecule has 0 heterocycles. The molecule has 0 aliphatic rings. The van der Waals surface area contributed by atoms with E-state index in [4.69, 9.17) is 9.47 Å². The molecule has 0 bridgehead atoms. The number of hydrogen-bond donors (Lipinski definition) is 1. The molecule has 8 nitrogen and oxygen atoms in total. The third-order valence-corrected chi connectivity index (χ3v) is 4.54. The molecule has 8 heteroatoms. The highest BCUT2D eigenvalue weighted by Gasteiger charge is 2.23. The standard InChI is InChI=1S/C23H20N2O6/c1-30-22(26)21(24-23(27)31-20-13-11-19(12-14-20)25(28)29)15-16-7-9-18(10-8-16)17-5-3-2-4-6-17/h2-14,21H,15H2,1H3,(H,24,27)/t21-/m0/s1. The van der Waals surface area contributed by atoms with Crippen molar-refractivity contribution in [2.45, 2.75) is 12.5 Å². The lowest BCUT2D eigenvalue weighted by molar-refractivity contribution is -0.384. The van der Waals surface area contributed by atoms with Crippen LogP contribution in [0.5, 0.6) is 5.75 Å². The first-order valence-electron chi connectivity index (χ1n) is 9.41. The maximum atomic E-state index is 12.2. The normalized spacial score (nSPS) is 11.3. The topological polar surface area (TPSA) is 108 Å². The average molecular weight is 420 g/mol. The summed E-state index contributed by atoms with van der Waals surface area (Å²) in [5, 5.41) is 13.2. The van der Waals surface area contributed by atoms with Gasteiger partial charge in [0.2, 0.25) is 0 Å². The van der Waals surface area contributed by atoms with E-state index in [1.54, 1.807) is 0 Å². The number of carbonyl (C=O) groups excluding carboxylic acids is 2. The minimum atomic E-state index is -0.960. The van der Waals surface area contributed by atoms with E-state index < -0.39 is 23.0 Å². The Bertz CT molecular complexity index is 1050. The number of non-ortho nitro benzene ring substituents is 1. The fraction of sp³-hybridized carbons (Fsp3) is 0.130. The molecule has 0 aliphatic heterocycles. The van der Waals surface area contributed by atoms with E-state index in [9.17, 15) is 19.7 Å². The van der Waals surface area contributed by atoms with Gasteiger partial charge in [-0.25, -0.2) is 9.59 Å². The monoisotopic (exact) mass is 420 g/mol. The number of nitrogens with zero attached hydrogens (tertiary/aromatic N) is 1. The number of nitro groups is 1. The maximum Gasteiger partial charge on any atom is 0.413 e. The van der Waals surface area contributed by atoms with Gasteiger partial charge < -0.3 is 14.8 Å². The summed E-state index contributed by atoms with van der Waals surface area (Å²) in [6.45, 7) is 0. The van der Waals surface area contributed by atoms with Crippen LogP contribution in [-0.4, -0.2) is 30.1 Å². The second-order valence-electron chi connectivity index (χ2n) is 6.63. The van der Waals surface area contributed by atoms with E-state index in [0.29, 0.717) is 0 Å². The highest BCUT2D eigenvalue weighted by molar-refractivity contribution is 5.82. The number of carbonyl (C=O) groups is 2. The van der Waals surface area contributed by atoms with Crippen LogP contribution in [0.25, 0.3) is 11.1 Å². The zero-order chi connectivity index (χ0) is 22.2. The quantitative estimate of drug-likeness (QED) is 0.350. The Balaban J connectivity index is 1.65. The van der Waals surface area contributed by atoms with Crippen molar-refractivity contribution < 1.29 is 24.0 Å². The Morgan fingerprint density at radius 1 is 0.935 bits per heavy atom.